The number of nitrogens with zero attached hydrogens (tertiary/aromatic N) is 1. The highest BCUT2D eigenvalue weighted by atomic mass is 35.5. The molecule has 3 aromatic carbocycles. The smallest absolute Gasteiger partial charge is 0.244 e. The van der Waals surface area contributed by atoms with E-state index in [-0.39, 0.29) is 10.5 Å². The zero-order valence-corrected chi connectivity index (χ0v) is 17.5. The summed E-state index contributed by atoms with van der Waals surface area (Å²) >= 11 is 6.18. The number of rotatable bonds is 3. The molecule has 0 aliphatic carbocycles. The van der Waals surface area contributed by atoms with Crippen molar-refractivity contribution in [1.82, 2.24) is 4.31 Å². The zero-order chi connectivity index (χ0) is 21.5. The molecule has 0 bridgehead atoms. The summed E-state index contributed by atoms with van der Waals surface area (Å²) in [6.45, 7) is 1.37. The second kappa shape index (κ2) is 7.83. The van der Waals surface area contributed by atoms with E-state index < -0.39 is 34.3 Å². The third-order valence-electron chi connectivity index (χ3n) is 5.00. The van der Waals surface area contributed by atoms with E-state index in [1.165, 1.54) is 30.3 Å². The van der Waals surface area contributed by atoms with E-state index in [1.807, 2.05) is 6.92 Å². The van der Waals surface area contributed by atoms with Gasteiger partial charge in [0.25, 0.3) is 0 Å². The predicted octanol–water partition coefficient (Wildman–Crippen LogP) is 4.52. The fourth-order valence-corrected chi connectivity index (χ4v) is 5.26. The number of nitrogens with one attached hydrogen (secondary N) is 1. The number of amides is 1. The van der Waals surface area contributed by atoms with Crippen LogP contribution >= 0.6 is 11.6 Å². The van der Waals surface area contributed by atoms with Gasteiger partial charge in [-0.2, -0.15) is 4.31 Å². The molecule has 0 saturated carbocycles. The van der Waals surface area contributed by atoms with Gasteiger partial charge in [-0.05, 0) is 48.9 Å². The first kappa shape index (κ1) is 20.5. The highest BCUT2D eigenvalue weighted by Gasteiger charge is 2.39. The molecule has 30 heavy (non-hydrogen) atoms. The van der Waals surface area contributed by atoms with Gasteiger partial charge in [0.15, 0.2) is 0 Å². The molecule has 0 saturated heterocycles. The molecule has 1 heterocycles. The number of anilines is 1. The van der Waals surface area contributed by atoms with Crippen molar-refractivity contribution in [2.24, 2.45) is 0 Å². The average Bonchev–Trinajstić information content (AvgIpc) is 2.85. The Bertz CT molecular complexity index is 1230. The average molecular weight is 445 g/mol. The molecule has 3 aromatic rings. The first-order valence-corrected chi connectivity index (χ1v) is 11.0. The van der Waals surface area contributed by atoms with Crippen LogP contribution in [0.15, 0.2) is 71.6 Å². The summed E-state index contributed by atoms with van der Waals surface area (Å²) in [4.78, 5) is 12.6. The van der Waals surface area contributed by atoms with Crippen molar-refractivity contribution < 1.29 is 17.6 Å². The van der Waals surface area contributed by atoms with Crippen molar-refractivity contribution >= 4 is 33.2 Å². The van der Waals surface area contributed by atoms with Crippen molar-refractivity contribution in [3.63, 3.8) is 0 Å². The molecule has 0 spiro atoms. The van der Waals surface area contributed by atoms with Crippen molar-refractivity contribution in [2.45, 2.75) is 17.9 Å². The van der Waals surface area contributed by atoms with Crippen molar-refractivity contribution in [3.05, 3.63) is 94.3 Å². The lowest BCUT2D eigenvalue weighted by Crippen LogP contribution is -2.39. The molecule has 5 nitrogen and oxygen atoms in total. The molecule has 154 valence electrons. The molecule has 1 N–H and O–H groups in total. The van der Waals surface area contributed by atoms with Crippen LogP contribution in [0.25, 0.3) is 0 Å². The van der Waals surface area contributed by atoms with E-state index in [1.54, 1.807) is 36.4 Å². The quantitative estimate of drug-likeness (QED) is 0.645. The summed E-state index contributed by atoms with van der Waals surface area (Å²) < 4.78 is 43.0. The fraction of sp³-hybridized carbons (Fsp3) is 0.136. The molecular weight excluding hydrogens is 427 g/mol. The maximum atomic E-state index is 14.9. The molecule has 1 aliphatic rings. The number of hydrogen-bond donors (Lipinski definition) is 1. The van der Waals surface area contributed by atoms with Crippen molar-refractivity contribution in [2.75, 3.05) is 11.9 Å². The third-order valence-corrected chi connectivity index (χ3v) is 7.06. The summed E-state index contributed by atoms with van der Waals surface area (Å²) in [6.07, 6.45) is 0. The largest absolute Gasteiger partial charge is 0.325 e. The van der Waals surface area contributed by atoms with E-state index in [9.17, 15) is 17.6 Å². The second-order valence-corrected chi connectivity index (χ2v) is 9.39. The van der Waals surface area contributed by atoms with E-state index >= 15 is 0 Å². The number of fused-ring (bicyclic) bond motifs is 1. The predicted molar refractivity (Wildman–Crippen MR) is 113 cm³/mol. The van der Waals surface area contributed by atoms with Crippen LogP contribution in [0.5, 0.6) is 0 Å². The van der Waals surface area contributed by atoms with Gasteiger partial charge in [-0.15, -0.1) is 0 Å². The molecular formula is C22H18ClFN2O3S. The number of halogens is 2. The molecule has 1 aliphatic heterocycles. The Kier molecular flexibility index (Phi) is 5.36. The van der Waals surface area contributed by atoms with Crippen LogP contribution in [0.2, 0.25) is 5.02 Å². The van der Waals surface area contributed by atoms with Crippen molar-refractivity contribution in [3.8, 4) is 0 Å². The highest BCUT2D eigenvalue weighted by molar-refractivity contribution is 7.89. The van der Waals surface area contributed by atoms with Crippen LogP contribution in [-0.4, -0.2) is 25.2 Å². The number of carbonyl (C=O) groups is 1. The van der Waals surface area contributed by atoms with Crippen LogP contribution < -0.4 is 5.32 Å². The maximum Gasteiger partial charge on any atom is 0.244 e. The van der Waals surface area contributed by atoms with Gasteiger partial charge in [0, 0.05) is 16.3 Å². The number of aryl methyl sites for hydroxylation is 1. The lowest BCUT2D eigenvalue weighted by atomic mass is 9.97. The number of carbonyl (C=O) groups excluding carboxylic acids is 1. The first-order chi connectivity index (χ1) is 14.3. The zero-order valence-electron chi connectivity index (χ0n) is 16.0. The van der Waals surface area contributed by atoms with Crippen LogP contribution in [0, 0.1) is 12.7 Å². The van der Waals surface area contributed by atoms with Crippen LogP contribution in [0.1, 0.15) is 22.7 Å². The second-order valence-electron chi connectivity index (χ2n) is 7.07. The lowest BCUT2D eigenvalue weighted by molar-refractivity contribution is -0.116. The van der Waals surface area contributed by atoms with E-state index in [2.05, 4.69) is 5.32 Å². The molecule has 8 heteroatoms. The Morgan fingerprint density at radius 3 is 2.43 bits per heavy atom. The van der Waals surface area contributed by atoms with Crippen molar-refractivity contribution in [1.29, 1.82) is 0 Å². The SMILES string of the molecule is Cc1ccc(S(=O)(=O)N2CC(=O)Nc3ccc(Cl)cc3C2c2ccccc2F)cc1. The summed E-state index contributed by atoms with van der Waals surface area (Å²) in [6, 6.07) is 15.9. The highest BCUT2D eigenvalue weighted by Crippen LogP contribution is 2.40. The van der Waals surface area contributed by atoms with E-state index in [0.29, 0.717) is 16.3 Å². The summed E-state index contributed by atoms with van der Waals surface area (Å²) in [5, 5.41) is 3.05. The standard InChI is InChI=1S/C22H18ClFN2O3S/c1-14-6-9-16(10-7-14)30(28,29)26-13-21(27)25-20-11-8-15(23)12-18(20)22(26)17-4-2-3-5-19(17)24/h2-12,22H,13H2,1H3,(H,25,27). The molecule has 4 rings (SSSR count). The van der Waals surface area contributed by atoms with Crippen LogP contribution in [0.4, 0.5) is 10.1 Å². The fourth-order valence-electron chi connectivity index (χ4n) is 3.54. The molecule has 0 radical (unpaired) electrons. The lowest BCUT2D eigenvalue weighted by Gasteiger charge is -2.30. The number of hydrogen-bond acceptors (Lipinski definition) is 3. The molecule has 0 fully saturated rings. The van der Waals surface area contributed by atoms with Gasteiger partial charge in [-0.25, -0.2) is 12.8 Å². The van der Waals surface area contributed by atoms with Gasteiger partial charge in [0.2, 0.25) is 15.9 Å². The van der Waals surface area contributed by atoms with Gasteiger partial charge in [-0.3, -0.25) is 4.79 Å². The molecule has 1 atom stereocenters. The van der Waals surface area contributed by atoms with Gasteiger partial charge in [0.05, 0.1) is 17.5 Å². The van der Waals surface area contributed by atoms with Crippen LogP contribution in [-0.2, 0) is 14.8 Å². The Hall–Kier alpha value is -2.74. The number of sulfonamides is 1. The minimum absolute atomic E-state index is 0.0210. The summed E-state index contributed by atoms with van der Waals surface area (Å²) in [5.74, 6) is -1.10. The normalized spacial score (nSPS) is 17.2. The van der Waals surface area contributed by atoms with E-state index in [0.717, 1.165) is 9.87 Å². The summed E-state index contributed by atoms with van der Waals surface area (Å²) in [7, 11) is -4.14. The van der Waals surface area contributed by atoms with Gasteiger partial charge in [0.1, 0.15) is 5.82 Å². The van der Waals surface area contributed by atoms with Gasteiger partial charge >= 0.3 is 0 Å². The molecule has 1 amide bonds. The molecule has 0 aromatic heterocycles. The topological polar surface area (TPSA) is 66.5 Å². The Morgan fingerprint density at radius 1 is 1.03 bits per heavy atom. The Morgan fingerprint density at radius 2 is 1.73 bits per heavy atom. The van der Waals surface area contributed by atoms with Crippen LogP contribution in [0.3, 0.4) is 0 Å². The minimum atomic E-state index is -4.14. The molecule has 1 unspecified atom stereocenters. The Balaban J connectivity index is 1.98. The first-order valence-electron chi connectivity index (χ1n) is 9.19. The van der Waals surface area contributed by atoms with Gasteiger partial charge in [-0.1, -0.05) is 47.5 Å². The third kappa shape index (κ3) is 3.71. The van der Waals surface area contributed by atoms with Gasteiger partial charge < -0.3 is 5.32 Å². The monoisotopic (exact) mass is 444 g/mol. The Labute approximate surface area is 179 Å². The van der Waals surface area contributed by atoms with E-state index in [4.69, 9.17) is 11.6 Å². The minimum Gasteiger partial charge on any atom is -0.325 e. The number of benzene rings is 3. The summed E-state index contributed by atoms with van der Waals surface area (Å²) in [5.41, 5.74) is 1.81. The maximum absolute atomic E-state index is 14.9.